The Balaban J connectivity index is 1.98. The maximum atomic E-state index is 11.6. The van der Waals surface area contributed by atoms with Gasteiger partial charge in [-0.05, 0) is 12.8 Å². The van der Waals surface area contributed by atoms with E-state index in [0.717, 1.165) is 25.7 Å². The molecule has 0 amide bonds. The summed E-state index contributed by atoms with van der Waals surface area (Å²) in [7, 11) is 0. The van der Waals surface area contributed by atoms with Crippen molar-refractivity contribution in [2.45, 2.75) is 129 Å². The summed E-state index contributed by atoms with van der Waals surface area (Å²) in [6.07, 6.45) is 18.6. The molecule has 0 aromatic rings. The van der Waals surface area contributed by atoms with Crippen LogP contribution in [0.5, 0.6) is 0 Å². The van der Waals surface area contributed by atoms with Crippen LogP contribution in [-0.4, -0.2) is 23.3 Å². The summed E-state index contributed by atoms with van der Waals surface area (Å²) in [5.74, 6) is 0.00592. The van der Waals surface area contributed by atoms with Crippen LogP contribution in [0.4, 0.5) is 0 Å². The number of cyclic esters (lactones) is 1. The molecule has 1 saturated heterocycles. The Morgan fingerprint density at radius 1 is 0.840 bits per heavy atom. The fourth-order valence-electron chi connectivity index (χ4n) is 3.78. The highest BCUT2D eigenvalue weighted by molar-refractivity contribution is 5.78. The molecule has 0 bridgehead atoms. The summed E-state index contributed by atoms with van der Waals surface area (Å²) in [6.45, 7) is 4.45. The third-order valence-corrected chi connectivity index (χ3v) is 5.53. The van der Waals surface area contributed by atoms with Gasteiger partial charge in [-0.2, -0.15) is 0 Å². The van der Waals surface area contributed by atoms with Gasteiger partial charge in [0, 0.05) is 6.42 Å². The molecule has 1 aliphatic heterocycles. The highest BCUT2D eigenvalue weighted by Gasteiger charge is 2.42. The van der Waals surface area contributed by atoms with Gasteiger partial charge in [0.15, 0.2) is 0 Å². The first-order chi connectivity index (χ1) is 12.2. The van der Waals surface area contributed by atoms with E-state index in [1.165, 1.54) is 70.6 Å². The van der Waals surface area contributed by atoms with E-state index < -0.39 is 0 Å². The highest BCUT2D eigenvalue weighted by Crippen LogP contribution is 2.31. The standard InChI is InChI=1S/C22H42O3/c1-3-5-7-9-10-11-12-13-14-16-19(23)18-21-20(22(24)25-21)17-15-8-6-4-2/h19-21,23H,3-18H2,1-2H3/t19-,20+,21-/m1/s1. The fraction of sp³-hybridized carbons (Fsp3) is 0.955. The van der Waals surface area contributed by atoms with Crippen LogP contribution in [0, 0.1) is 5.92 Å². The number of ether oxygens (including phenoxy) is 1. The van der Waals surface area contributed by atoms with Crippen molar-refractivity contribution in [3.8, 4) is 0 Å². The summed E-state index contributed by atoms with van der Waals surface area (Å²) in [5.41, 5.74) is 0. The van der Waals surface area contributed by atoms with Crippen LogP contribution < -0.4 is 0 Å². The Bertz CT molecular complexity index is 329. The molecule has 0 aliphatic carbocycles. The molecule has 0 unspecified atom stereocenters. The SMILES string of the molecule is CCCCCCCCCCC[C@@H](O)C[C@H]1OC(=O)[C@H]1CCCCCC. The first-order valence-corrected chi connectivity index (χ1v) is 11.1. The molecule has 0 radical (unpaired) electrons. The van der Waals surface area contributed by atoms with Crippen molar-refractivity contribution in [3.05, 3.63) is 0 Å². The average molecular weight is 355 g/mol. The molecule has 25 heavy (non-hydrogen) atoms. The van der Waals surface area contributed by atoms with Crippen molar-refractivity contribution >= 4 is 5.97 Å². The van der Waals surface area contributed by atoms with Crippen LogP contribution in [0.25, 0.3) is 0 Å². The number of hydrogen-bond donors (Lipinski definition) is 1. The largest absolute Gasteiger partial charge is 0.461 e. The van der Waals surface area contributed by atoms with E-state index in [9.17, 15) is 9.90 Å². The van der Waals surface area contributed by atoms with Crippen LogP contribution in [0.15, 0.2) is 0 Å². The van der Waals surface area contributed by atoms with Gasteiger partial charge in [0.25, 0.3) is 0 Å². The summed E-state index contributed by atoms with van der Waals surface area (Å²) >= 11 is 0. The van der Waals surface area contributed by atoms with Gasteiger partial charge in [-0.3, -0.25) is 4.79 Å². The Hall–Kier alpha value is -0.570. The summed E-state index contributed by atoms with van der Waals surface area (Å²) in [4.78, 5) is 11.6. The molecule has 1 aliphatic rings. The van der Waals surface area contributed by atoms with Gasteiger partial charge in [0.1, 0.15) is 6.10 Å². The first-order valence-electron chi connectivity index (χ1n) is 11.1. The van der Waals surface area contributed by atoms with Gasteiger partial charge in [-0.1, -0.05) is 97.3 Å². The number of hydrogen-bond acceptors (Lipinski definition) is 3. The molecule has 0 spiro atoms. The van der Waals surface area contributed by atoms with Crippen LogP contribution in [0.1, 0.15) is 117 Å². The molecular weight excluding hydrogens is 312 g/mol. The minimum atomic E-state index is -0.305. The average Bonchev–Trinajstić information content (AvgIpc) is 2.59. The lowest BCUT2D eigenvalue weighted by Gasteiger charge is -2.36. The van der Waals surface area contributed by atoms with E-state index in [1.54, 1.807) is 0 Å². The van der Waals surface area contributed by atoms with Gasteiger partial charge in [-0.25, -0.2) is 0 Å². The number of carbonyl (C=O) groups is 1. The lowest BCUT2D eigenvalue weighted by molar-refractivity contribution is -0.188. The molecule has 0 aromatic carbocycles. The van der Waals surface area contributed by atoms with Gasteiger partial charge >= 0.3 is 5.97 Å². The lowest BCUT2D eigenvalue weighted by atomic mass is 9.86. The Kier molecular flexibility index (Phi) is 13.1. The third-order valence-electron chi connectivity index (χ3n) is 5.53. The van der Waals surface area contributed by atoms with Crippen molar-refractivity contribution in [2.24, 2.45) is 5.92 Å². The quantitative estimate of drug-likeness (QED) is 0.251. The monoisotopic (exact) mass is 354 g/mol. The maximum Gasteiger partial charge on any atom is 0.313 e. The zero-order valence-corrected chi connectivity index (χ0v) is 16.8. The minimum absolute atomic E-state index is 0.0253. The molecule has 3 atom stereocenters. The summed E-state index contributed by atoms with van der Waals surface area (Å²) in [5, 5.41) is 10.2. The Labute approximate surface area is 155 Å². The Morgan fingerprint density at radius 2 is 1.36 bits per heavy atom. The second kappa shape index (κ2) is 14.6. The lowest BCUT2D eigenvalue weighted by Crippen LogP contribution is -2.46. The predicted octanol–water partition coefficient (Wildman–Crippen LogP) is 6.17. The number of aliphatic hydroxyl groups is 1. The van der Waals surface area contributed by atoms with E-state index in [-0.39, 0.29) is 24.1 Å². The smallest absolute Gasteiger partial charge is 0.313 e. The molecule has 1 heterocycles. The topological polar surface area (TPSA) is 46.5 Å². The highest BCUT2D eigenvalue weighted by atomic mass is 16.6. The molecule has 3 heteroatoms. The van der Waals surface area contributed by atoms with Crippen molar-refractivity contribution in [2.75, 3.05) is 0 Å². The first kappa shape index (κ1) is 22.5. The van der Waals surface area contributed by atoms with Gasteiger partial charge in [-0.15, -0.1) is 0 Å². The molecule has 148 valence electrons. The van der Waals surface area contributed by atoms with Crippen molar-refractivity contribution < 1.29 is 14.6 Å². The molecule has 0 aromatic heterocycles. The van der Waals surface area contributed by atoms with Crippen molar-refractivity contribution in [1.82, 2.24) is 0 Å². The van der Waals surface area contributed by atoms with Crippen LogP contribution in [0.3, 0.4) is 0 Å². The molecular formula is C22H42O3. The minimum Gasteiger partial charge on any atom is -0.461 e. The number of carbonyl (C=O) groups excluding carboxylic acids is 1. The van der Waals surface area contributed by atoms with E-state index in [0.29, 0.717) is 6.42 Å². The van der Waals surface area contributed by atoms with Crippen LogP contribution in [-0.2, 0) is 9.53 Å². The summed E-state index contributed by atoms with van der Waals surface area (Å²) in [6, 6.07) is 0. The van der Waals surface area contributed by atoms with Gasteiger partial charge in [0.05, 0.1) is 12.0 Å². The second-order valence-corrected chi connectivity index (χ2v) is 7.94. The van der Waals surface area contributed by atoms with Crippen LogP contribution in [0.2, 0.25) is 0 Å². The molecule has 1 N–H and O–H groups in total. The fourth-order valence-corrected chi connectivity index (χ4v) is 3.78. The molecule has 1 rings (SSSR count). The van der Waals surface area contributed by atoms with Crippen LogP contribution >= 0.6 is 0 Å². The number of esters is 1. The molecule has 0 saturated carbocycles. The second-order valence-electron chi connectivity index (χ2n) is 7.94. The maximum absolute atomic E-state index is 11.6. The zero-order chi connectivity index (χ0) is 18.3. The summed E-state index contributed by atoms with van der Waals surface area (Å²) < 4.78 is 5.27. The van der Waals surface area contributed by atoms with Gasteiger partial charge in [0.2, 0.25) is 0 Å². The van der Waals surface area contributed by atoms with Crippen molar-refractivity contribution in [3.63, 3.8) is 0 Å². The third kappa shape index (κ3) is 10.2. The Morgan fingerprint density at radius 3 is 1.92 bits per heavy atom. The van der Waals surface area contributed by atoms with Crippen molar-refractivity contribution in [1.29, 1.82) is 0 Å². The van der Waals surface area contributed by atoms with E-state index in [1.807, 2.05) is 0 Å². The van der Waals surface area contributed by atoms with E-state index >= 15 is 0 Å². The molecule has 1 fully saturated rings. The number of unbranched alkanes of at least 4 members (excludes halogenated alkanes) is 11. The number of aliphatic hydroxyl groups excluding tert-OH is 1. The predicted molar refractivity (Wildman–Crippen MR) is 105 cm³/mol. The number of rotatable bonds is 17. The van der Waals surface area contributed by atoms with Gasteiger partial charge < -0.3 is 9.84 Å². The van der Waals surface area contributed by atoms with E-state index in [2.05, 4.69) is 13.8 Å². The zero-order valence-electron chi connectivity index (χ0n) is 16.8. The molecule has 3 nitrogen and oxygen atoms in total. The van der Waals surface area contributed by atoms with E-state index in [4.69, 9.17) is 4.74 Å². The normalized spacial score (nSPS) is 21.0.